The Kier molecular flexibility index (Phi) is 5.81. The molecule has 1 fully saturated rings. The summed E-state index contributed by atoms with van der Waals surface area (Å²) in [6, 6.07) is 10.9. The molecule has 1 aromatic carbocycles. The van der Waals surface area contributed by atoms with Crippen LogP contribution in [0.1, 0.15) is 10.6 Å². The highest BCUT2D eigenvalue weighted by Crippen LogP contribution is 2.23. The molecule has 1 aliphatic rings. The van der Waals surface area contributed by atoms with Crippen molar-refractivity contribution in [1.29, 1.82) is 0 Å². The van der Waals surface area contributed by atoms with E-state index in [-0.39, 0.29) is 5.91 Å². The summed E-state index contributed by atoms with van der Waals surface area (Å²) in [6.45, 7) is 4.38. The van der Waals surface area contributed by atoms with Gasteiger partial charge in [-0.25, -0.2) is 0 Å². The summed E-state index contributed by atoms with van der Waals surface area (Å²) < 4.78 is 11.6. The Morgan fingerprint density at radius 3 is 2.58 bits per heavy atom. The average molecular weight is 414 g/mol. The number of halogens is 2. The number of benzene rings is 1. The largest absolute Gasteiger partial charge is 0.491 e. The zero-order valence-electron chi connectivity index (χ0n) is 13.1. The van der Waals surface area contributed by atoms with Crippen molar-refractivity contribution in [3.63, 3.8) is 0 Å². The van der Waals surface area contributed by atoms with Crippen LogP contribution in [0.25, 0.3) is 0 Å². The smallest absolute Gasteiger partial charge is 0.289 e. The van der Waals surface area contributed by atoms with Gasteiger partial charge in [0.25, 0.3) is 5.91 Å². The average Bonchev–Trinajstić information content (AvgIpc) is 3.03. The molecule has 1 saturated heterocycles. The highest BCUT2D eigenvalue weighted by molar-refractivity contribution is 9.10. The van der Waals surface area contributed by atoms with E-state index >= 15 is 0 Å². The Bertz CT molecular complexity index is 699. The van der Waals surface area contributed by atoms with Gasteiger partial charge in [-0.2, -0.15) is 0 Å². The van der Waals surface area contributed by atoms with E-state index in [0.717, 1.165) is 19.6 Å². The second-order valence-corrected chi connectivity index (χ2v) is 6.71. The van der Waals surface area contributed by atoms with E-state index in [2.05, 4.69) is 20.8 Å². The quantitative estimate of drug-likeness (QED) is 0.752. The molecule has 1 aliphatic heterocycles. The van der Waals surface area contributed by atoms with Crippen LogP contribution in [-0.4, -0.2) is 55.0 Å². The van der Waals surface area contributed by atoms with Crippen LogP contribution in [0.4, 0.5) is 0 Å². The molecule has 7 heteroatoms. The number of hydrogen-bond acceptors (Lipinski definition) is 4. The Balaban J connectivity index is 1.42. The van der Waals surface area contributed by atoms with Crippen molar-refractivity contribution in [2.45, 2.75) is 0 Å². The molecule has 3 rings (SSSR count). The van der Waals surface area contributed by atoms with E-state index in [1.807, 2.05) is 29.2 Å². The summed E-state index contributed by atoms with van der Waals surface area (Å²) in [7, 11) is 0. The van der Waals surface area contributed by atoms with Crippen molar-refractivity contribution in [1.82, 2.24) is 9.80 Å². The number of ether oxygens (including phenoxy) is 1. The van der Waals surface area contributed by atoms with Gasteiger partial charge < -0.3 is 14.1 Å². The zero-order chi connectivity index (χ0) is 16.9. The SMILES string of the molecule is O=C(c1ccc(Br)o1)N1CCN(CCOc2ccccc2Cl)CC1. The van der Waals surface area contributed by atoms with Crippen molar-refractivity contribution in [3.05, 3.63) is 51.9 Å². The van der Waals surface area contributed by atoms with Gasteiger partial charge in [0.15, 0.2) is 10.4 Å². The third-order valence-electron chi connectivity index (χ3n) is 3.95. The first-order chi connectivity index (χ1) is 11.6. The van der Waals surface area contributed by atoms with E-state index in [1.54, 1.807) is 12.1 Å². The van der Waals surface area contributed by atoms with Crippen LogP contribution in [0.5, 0.6) is 5.75 Å². The first-order valence-corrected chi connectivity index (χ1v) is 8.95. The maximum Gasteiger partial charge on any atom is 0.289 e. The van der Waals surface area contributed by atoms with Crippen LogP contribution in [0.3, 0.4) is 0 Å². The Morgan fingerprint density at radius 2 is 1.92 bits per heavy atom. The van der Waals surface area contributed by atoms with Gasteiger partial charge in [-0.3, -0.25) is 9.69 Å². The van der Waals surface area contributed by atoms with Gasteiger partial charge in [0.2, 0.25) is 0 Å². The summed E-state index contributed by atoms with van der Waals surface area (Å²) >= 11 is 9.28. The van der Waals surface area contributed by atoms with E-state index in [1.165, 1.54) is 0 Å². The minimum absolute atomic E-state index is 0.0623. The number of furan rings is 1. The molecule has 2 aromatic rings. The molecule has 5 nitrogen and oxygen atoms in total. The van der Waals surface area contributed by atoms with E-state index in [4.69, 9.17) is 20.8 Å². The van der Waals surface area contributed by atoms with Crippen LogP contribution in [0.2, 0.25) is 5.02 Å². The van der Waals surface area contributed by atoms with E-state index < -0.39 is 0 Å². The lowest BCUT2D eigenvalue weighted by Gasteiger charge is -2.34. The fourth-order valence-corrected chi connectivity index (χ4v) is 3.10. The number of hydrogen-bond donors (Lipinski definition) is 0. The standard InChI is InChI=1S/C17H18BrClN2O3/c18-16-6-5-15(24-16)17(22)21-9-7-20(8-10-21)11-12-23-14-4-2-1-3-13(14)19/h1-6H,7-12H2. The number of amides is 1. The molecule has 0 N–H and O–H groups in total. The molecule has 0 aliphatic carbocycles. The Labute approximate surface area is 154 Å². The van der Waals surface area contributed by atoms with E-state index in [9.17, 15) is 4.79 Å². The molecule has 0 bridgehead atoms. The number of piperazine rings is 1. The predicted molar refractivity (Wildman–Crippen MR) is 95.7 cm³/mol. The lowest BCUT2D eigenvalue weighted by Crippen LogP contribution is -2.49. The topological polar surface area (TPSA) is 45.9 Å². The second-order valence-electron chi connectivity index (χ2n) is 5.52. The fourth-order valence-electron chi connectivity index (χ4n) is 2.61. The summed E-state index contributed by atoms with van der Waals surface area (Å²) in [5.41, 5.74) is 0. The molecule has 0 atom stereocenters. The normalized spacial score (nSPS) is 15.5. The molecule has 2 heterocycles. The number of nitrogens with zero attached hydrogens (tertiary/aromatic N) is 2. The first-order valence-electron chi connectivity index (χ1n) is 7.78. The van der Waals surface area contributed by atoms with Gasteiger partial charge in [0, 0.05) is 32.7 Å². The van der Waals surface area contributed by atoms with Crippen LogP contribution in [0.15, 0.2) is 45.5 Å². The third kappa shape index (κ3) is 4.32. The number of rotatable bonds is 5. The summed E-state index contributed by atoms with van der Waals surface area (Å²) in [6.07, 6.45) is 0. The minimum atomic E-state index is -0.0623. The van der Waals surface area contributed by atoms with Gasteiger partial charge in [-0.15, -0.1) is 0 Å². The summed E-state index contributed by atoms with van der Waals surface area (Å²) in [5, 5.41) is 0.623. The van der Waals surface area contributed by atoms with Crippen LogP contribution < -0.4 is 4.74 Å². The molecule has 128 valence electrons. The summed E-state index contributed by atoms with van der Waals surface area (Å²) in [5.74, 6) is 1.02. The molecule has 0 saturated carbocycles. The highest BCUT2D eigenvalue weighted by Gasteiger charge is 2.24. The first kappa shape index (κ1) is 17.3. The van der Waals surface area contributed by atoms with Crippen LogP contribution in [-0.2, 0) is 0 Å². The van der Waals surface area contributed by atoms with Gasteiger partial charge in [-0.05, 0) is 40.2 Å². The molecule has 1 amide bonds. The van der Waals surface area contributed by atoms with Crippen molar-refractivity contribution in [2.75, 3.05) is 39.3 Å². The third-order valence-corrected chi connectivity index (χ3v) is 4.68. The lowest BCUT2D eigenvalue weighted by molar-refractivity contribution is 0.0589. The van der Waals surface area contributed by atoms with Crippen molar-refractivity contribution in [2.24, 2.45) is 0 Å². The second kappa shape index (κ2) is 8.05. The maximum atomic E-state index is 12.3. The Morgan fingerprint density at radius 1 is 1.17 bits per heavy atom. The monoisotopic (exact) mass is 412 g/mol. The summed E-state index contributed by atoms with van der Waals surface area (Å²) in [4.78, 5) is 16.4. The molecule has 1 aromatic heterocycles. The zero-order valence-corrected chi connectivity index (χ0v) is 15.4. The van der Waals surface area contributed by atoms with Crippen LogP contribution >= 0.6 is 27.5 Å². The number of carbonyl (C=O) groups excluding carboxylic acids is 1. The fraction of sp³-hybridized carbons (Fsp3) is 0.353. The number of para-hydroxylation sites is 1. The molecule has 0 unspecified atom stereocenters. The maximum absolute atomic E-state index is 12.3. The highest BCUT2D eigenvalue weighted by atomic mass is 79.9. The molecule has 24 heavy (non-hydrogen) atoms. The minimum Gasteiger partial charge on any atom is -0.491 e. The lowest BCUT2D eigenvalue weighted by atomic mass is 10.3. The van der Waals surface area contributed by atoms with Gasteiger partial charge in [0.05, 0.1) is 5.02 Å². The predicted octanol–water partition coefficient (Wildman–Crippen LogP) is 3.53. The Hall–Kier alpha value is -1.50. The molecular formula is C17H18BrClN2O3. The molecular weight excluding hydrogens is 396 g/mol. The van der Waals surface area contributed by atoms with Gasteiger partial charge >= 0.3 is 0 Å². The number of carbonyl (C=O) groups is 1. The van der Waals surface area contributed by atoms with Crippen molar-refractivity contribution < 1.29 is 13.9 Å². The molecule has 0 radical (unpaired) electrons. The van der Waals surface area contributed by atoms with Gasteiger partial charge in [-0.1, -0.05) is 23.7 Å². The van der Waals surface area contributed by atoms with E-state index in [0.29, 0.717) is 40.9 Å². The molecule has 0 spiro atoms. The van der Waals surface area contributed by atoms with Gasteiger partial charge in [0.1, 0.15) is 12.4 Å². The van der Waals surface area contributed by atoms with Crippen molar-refractivity contribution in [3.8, 4) is 5.75 Å². The van der Waals surface area contributed by atoms with Crippen molar-refractivity contribution >= 4 is 33.4 Å². The van der Waals surface area contributed by atoms with Crippen LogP contribution in [0, 0.1) is 0 Å².